The van der Waals surface area contributed by atoms with Gasteiger partial charge in [-0.05, 0) is 31.8 Å². The van der Waals surface area contributed by atoms with Crippen LogP contribution in [0.15, 0.2) is 0 Å². The second-order valence-electron chi connectivity index (χ2n) is 4.71. The molecule has 2 aliphatic heterocycles. The molecular formula is C11H21N3O. The number of hydrogen-bond donors (Lipinski definition) is 2. The summed E-state index contributed by atoms with van der Waals surface area (Å²) in [5.74, 6) is 0.694. The first-order valence-electron chi connectivity index (χ1n) is 6.01. The highest BCUT2D eigenvalue weighted by Gasteiger charge is 2.33. The summed E-state index contributed by atoms with van der Waals surface area (Å²) in [6.07, 6.45) is 4.27. The van der Waals surface area contributed by atoms with E-state index in [-0.39, 0.29) is 0 Å². The Morgan fingerprint density at radius 3 is 3.07 bits per heavy atom. The molecule has 2 rings (SSSR count). The number of nitrogens with one attached hydrogen (secondary N) is 1. The number of carbonyl (C=O) groups excluding carboxylic acids is 1. The molecule has 0 saturated carbocycles. The van der Waals surface area contributed by atoms with Crippen LogP contribution in [0.5, 0.6) is 0 Å². The molecule has 1 amide bonds. The van der Waals surface area contributed by atoms with Gasteiger partial charge in [-0.1, -0.05) is 6.42 Å². The molecule has 4 heteroatoms. The summed E-state index contributed by atoms with van der Waals surface area (Å²) in [6.45, 7) is 3.58. The van der Waals surface area contributed by atoms with Crippen LogP contribution in [-0.2, 0) is 4.79 Å². The van der Waals surface area contributed by atoms with Gasteiger partial charge in [-0.15, -0.1) is 0 Å². The van der Waals surface area contributed by atoms with Crippen LogP contribution in [0.25, 0.3) is 0 Å². The van der Waals surface area contributed by atoms with Gasteiger partial charge in [0.05, 0.1) is 0 Å². The van der Waals surface area contributed by atoms with Gasteiger partial charge in [0, 0.05) is 25.6 Å². The Morgan fingerprint density at radius 2 is 2.33 bits per heavy atom. The number of carbonyl (C=O) groups is 1. The molecule has 2 heterocycles. The average molecular weight is 211 g/mol. The highest BCUT2D eigenvalue weighted by atomic mass is 16.2. The van der Waals surface area contributed by atoms with E-state index in [1.165, 1.54) is 12.8 Å². The molecule has 2 atom stereocenters. The zero-order chi connectivity index (χ0) is 10.7. The Balaban J connectivity index is 1.94. The van der Waals surface area contributed by atoms with Crippen molar-refractivity contribution in [2.24, 2.45) is 11.7 Å². The highest BCUT2D eigenvalue weighted by Crippen LogP contribution is 2.22. The maximum Gasteiger partial charge on any atom is 0.223 e. The molecule has 2 aliphatic rings. The largest absolute Gasteiger partial charge is 0.338 e. The lowest BCUT2D eigenvalue weighted by molar-refractivity contribution is -0.129. The van der Waals surface area contributed by atoms with Gasteiger partial charge in [-0.3, -0.25) is 4.79 Å². The Bertz CT molecular complexity index is 224. The molecule has 2 fully saturated rings. The maximum absolute atomic E-state index is 11.8. The Morgan fingerprint density at radius 1 is 1.47 bits per heavy atom. The third kappa shape index (κ3) is 2.49. The van der Waals surface area contributed by atoms with Crippen LogP contribution in [0.4, 0.5) is 0 Å². The summed E-state index contributed by atoms with van der Waals surface area (Å²) >= 11 is 0. The van der Waals surface area contributed by atoms with Crippen molar-refractivity contribution in [3.63, 3.8) is 0 Å². The predicted molar refractivity (Wildman–Crippen MR) is 59.4 cm³/mol. The zero-order valence-electron chi connectivity index (χ0n) is 9.24. The minimum Gasteiger partial charge on any atom is -0.338 e. The number of amides is 1. The fourth-order valence-corrected chi connectivity index (χ4v) is 2.59. The average Bonchev–Trinajstić information content (AvgIpc) is 2.48. The van der Waals surface area contributed by atoms with E-state index in [1.807, 2.05) is 0 Å². The Kier molecular flexibility index (Phi) is 3.59. The van der Waals surface area contributed by atoms with Crippen LogP contribution in [0.2, 0.25) is 0 Å². The lowest BCUT2D eigenvalue weighted by Gasteiger charge is -2.27. The molecule has 0 aromatic carbocycles. The molecule has 0 aliphatic carbocycles. The second kappa shape index (κ2) is 4.94. The van der Waals surface area contributed by atoms with Crippen molar-refractivity contribution in [2.75, 3.05) is 26.2 Å². The van der Waals surface area contributed by atoms with Crippen molar-refractivity contribution in [1.82, 2.24) is 10.2 Å². The van der Waals surface area contributed by atoms with Crippen LogP contribution in [0, 0.1) is 5.92 Å². The minimum absolute atomic E-state index is 0.305. The second-order valence-corrected chi connectivity index (χ2v) is 4.71. The fraction of sp³-hybridized carbons (Fsp3) is 0.909. The van der Waals surface area contributed by atoms with Gasteiger partial charge in [0.25, 0.3) is 0 Å². The normalized spacial score (nSPS) is 33.1. The molecule has 0 spiro atoms. The summed E-state index contributed by atoms with van der Waals surface area (Å²) in [4.78, 5) is 13.8. The van der Waals surface area contributed by atoms with E-state index in [2.05, 4.69) is 10.2 Å². The van der Waals surface area contributed by atoms with Gasteiger partial charge >= 0.3 is 0 Å². The van der Waals surface area contributed by atoms with E-state index in [1.54, 1.807) is 0 Å². The number of nitrogens with two attached hydrogens (primary N) is 1. The SMILES string of the molecule is NCC1CC(=O)N(C2CCCCNC2)C1. The van der Waals surface area contributed by atoms with E-state index in [0.29, 0.717) is 30.8 Å². The van der Waals surface area contributed by atoms with Crippen molar-refractivity contribution in [3.05, 3.63) is 0 Å². The number of likely N-dealkylation sites (tertiary alicyclic amines) is 1. The third-order valence-corrected chi connectivity index (χ3v) is 3.53. The summed E-state index contributed by atoms with van der Waals surface area (Å²) in [6, 6.07) is 0.413. The lowest BCUT2D eigenvalue weighted by atomic mass is 10.1. The van der Waals surface area contributed by atoms with Crippen LogP contribution in [0.1, 0.15) is 25.7 Å². The van der Waals surface area contributed by atoms with Crippen LogP contribution in [-0.4, -0.2) is 43.0 Å². The number of nitrogens with zero attached hydrogens (tertiary/aromatic N) is 1. The first kappa shape index (κ1) is 10.9. The number of hydrogen-bond acceptors (Lipinski definition) is 3. The fourth-order valence-electron chi connectivity index (χ4n) is 2.59. The van der Waals surface area contributed by atoms with E-state index < -0.39 is 0 Å². The molecule has 86 valence electrons. The predicted octanol–water partition coefficient (Wildman–Crippen LogP) is -0.0643. The minimum atomic E-state index is 0.305. The molecule has 0 bridgehead atoms. The van der Waals surface area contributed by atoms with Crippen molar-refractivity contribution in [3.8, 4) is 0 Å². The zero-order valence-corrected chi connectivity index (χ0v) is 9.24. The molecule has 4 nitrogen and oxygen atoms in total. The van der Waals surface area contributed by atoms with Gasteiger partial charge < -0.3 is 16.0 Å². The maximum atomic E-state index is 11.8. The summed E-state index contributed by atoms with van der Waals surface area (Å²) in [7, 11) is 0. The standard InChI is InChI=1S/C11H21N3O/c12-6-9-5-11(15)14(8-9)10-3-1-2-4-13-7-10/h9-10,13H,1-8,12H2. The first-order chi connectivity index (χ1) is 7.31. The molecule has 3 N–H and O–H groups in total. The summed E-state index contributed by atoms with van der Waals surface area (Å²) in [5.41, 5.74) is 5.62. The third-order valence-electron chi connectivity index (χ3n) is 3.53. The van der Waals surface area contributed by atoms with E-state index in [9.17, 15) is 4.79 Å². The molecule has 0 aromatic rings. The molecule has 0 radical (unpaired) electrons. The first-order valence-corrected chi connectivity index (χ1v) is 6.01. The molecule has 2 saturated heterocycles. The molecule has 0 aromatic heterocycles. The summed E-state index contributed by atoms with van der Waals surface area (Å²) in [5, 5.41) is 3.40. The lowest BCUT2D eigenvalue weighted by Crippen LogP contribution is -2.42. The van der Waals surface area contributed by atoms with Crippen molar-refractivity contribution in [2.45, 2.75) is 31.7 Å². The van der Waals surface area contributed by atoms with Crippen molar-refractivity contribution < 1.29 is 4.79 Å². The molecule has 15 heavy (non-hydrogen) atoms. The van der Waals surface area contributed by atoms with Crippen molar-refractivity contribution >= 4 is 5.91 Å². The van der Waals surface area contributed by atoms with E-state index >= 15 is 0 Å². The van der Waals surface area contributed by atoms with Gasteiger partial charge in [0.15, 0.2) is 0 Å². The van der Waals surface area contributed by atoms with Crippen LogP contribution in [0.3, 0.4) is 0 Å². The highest BCUT2D eigenvalue weighted by molar-refractivity contribution is 5.79. The van der Waals surface area contributed by atoms with Crippen LogP contribution < -0.4 is 11.1 Å². The number of rotatable bonds is 2. The van der Waals surface area contributed by atoms with Crippen molar-refractivity contribution in [1.29, 1.82) is 0 Å². The van der Waals surface area contributed by atoms with Crippen LogP contribution >= 0.6 is 0 Å². The van der Waals surface area contributed by atoms with E-state index in [0.717, 1.165) is 26.1 Å². The smallest absolute Gasteiger partial charge is 0.223 e. The Hall–Kier alpha value is -0.610. The monoisotopic (exact) mass is 211 g/mol. The van der Waals surface area contributed by atoms with E-state index in [4.69, 9.17) is 5.73 Å². The molecule has 2 unspecified atom stereocenters. The molecular weight excluding hydrogens is 190 g/mol. The van der Waals surface area contributed by atoms with Gasteiger partial charge in [-0.2, -0.15) is 0 Å². The van der Waals surface area contributed by atoms with Gasteiger partial charge in [0.1, 0.15) is 0 Å². The Labute approximate surface area is 91.2 Å². The quantitative estimate of drug-likeness (QED) is 0.672. The van der Waals surface area contributed by atoms with Gasteiger partial charge in [0.2, 0.25) is 5.91 Å². The summed E-state index contributed by atoms with van der Waals surface area (Å²) < 4.78 is 0. The van der Waals surface area contributed by atoms with Gasteiger partial charge in [-0.25, -0.2) is 0 Å². The topological polar surface area (TPSA) is 58.4 Å².